The van der Waals surface area contributed by atoms with Crippen molar-refractivity contribution in [1.29, 1.82) is 0 Å². The molecule has 4 rings (SSSR count). The van der Waals surface area contributed by atoms with E-state index in [4.69, 9.17) is 0 Å². The lowest BCUT2D eigenvalue weighted by Gasteiger charge is -2.11. The van der Waals surface area contributed by atoms with E-state index in [1.807, 2.05) is 82.2 Å². The molecule has 0 amide bonds. The van der Waals surface area contributed by atoms with E-state index in [1.165, 1.54) is 0 Å². The van der Waals surface area contributed by atoms with E-state index in [9.17, 15) is 28.7 Å². The van der Waals surface area contributed by atoms with Gasteiger partial charge >= 0.3 is 15.2 Å². The van der Waals surface area contributed by atoms with E-state index < -0.39 is 15.2 Å². The molecule has 0 unspecified atom stereocenters. The Morgan fingerprint density at radius 2 is 0.969 bits per heavy atom. The van der Waals surface area contributed by atoms with Crippen LogP contribution in [0.1, 0.15) is 0 Å². The first kappa shape index (κ1) is 22.7. The van der Waals surface area contributed by atoms with Gasteiger partial charge in [-0.25, -0.2) is 0 Å². The Balaban J connectivity index is 1.84. The summed E-state index contributed by atoms with van der Waals surface area (Å²) in [5.74, 6) is 0. The second-order valence-electron chi connectivity index (χ2n) is 7.66. The number of rotatable bonds is 7. The van der Waals surface area contributed by atoms with Crippen LogP contribution in [0.3, 0.4) is 0 Å². The van der Waals surface area contributed by atoms with Gasteiger partial charge in [0.15, 0.2) is 25.5 Å². The van der Waals surface area contributed by atoms with Gasteiger partial charge in [-0.1, -0.05) is 24.3 Å². The lowest BCUT2D eigenvalue weighted by molar-refractivity contribution is -0.667. The molecule has 0 saturated heterocycles. The standard InChI is InChI=1S/C22H22N2O6P2/c25-31(26,27)15-13-23-11-9-17(19-5-1-3-7-21(19)23)18-10-12-24(14-16-32(28,29)30)22-8-4-2-6-20(18)22/h1-12H,13-16H2,(H2-2,25,26,27,28,29,30)/p+2. The quantitative estimate of drug-likeness (QED) is 0.241. The number of aromatic nitrogens is 2. The fourth-order valence-electron chi connectivity index (χ4n) is 3.91. The molecule has 0 fully saturated rings. The number of fused-ring (bicyclic) bond motifs is 2. The summed E-state index contributed by atoms with van der Waals surface area (Å²) in [6.45, 7) is 0.395. The maximum absolute atomic E-state index is 11.4. The molecule has 2 aromatic heterocycles. The van der Waals surface area contributed by atoms with Crippen LogP contribution in [0.4, 0.5) is 0 Å². The summed E-state index contributed by atoms with van der Waals surface area (Å²) in [6, 6.07) is 19.3. The van der Waals surface area contributed by atoms with Crippen molar-refractivity contribution in [3.8, 4) is 11.1 Å². The van der Waals surface area contributed by atoms with E-state index in [0.29, 0.717) is 0 Å². The van der Waals surface area contributed by atoms with Gasteiger partial charge in [0.2, 0.25) is 11.0 Å². The lowest BCUT2D eigenvalue weighted by atomic mass is 9.97. The molecule has 0 radical (unpaired) electrons. The van der Waals surface area contributed by atoms with E-state index in [0.717, 1.165) is 32.9 Å². The molecule has 0 saturated carbocycles. The van der Waals surface area contributed by atoms with Crippen molar-refractivity contribution in [3.63, 3.8) is 0 Å². The molecule has 10 heteroatoms. The molecular weight excluding hydrogens is 450 g/mol. The van der Waals surface area contributed by atoms with E-state index >= 15 is 0 Å². The minimum atomic E-state index is -4.12. The molecule has 0 aliphatic rings. The van der Waals surface area contributed by atoms with Crippen LogP contribution in [0.2, 0.25) is 0 Å². The molecule has 0 spiro atoms. The third-order valence-electron chi connectivity index (χ3n) is 5.40. The monoisotopic (exact) mass is 474 g/mol. The van der Waals surface area contributed by atoms with Crippen molar-refractivity contribution in [2.45, 2.75) is 13.1 Å². The van der Waals surface area contributed by atoms with Crippen LogP contribution in [0.25, 0.3) is 32.9 Å². The molecule has 0 atom stereocenters. The van der Waals surface area contributed by atoms with Crippen molar-refractivity contribution >= 4 is 37.0 Å². The molecule has 0 bridgehead atoms. The van der Waals surface area contributed by atoms with E-state index in [1.54, 1.807) is 0 Å². The summed E-state index contributed by atoms with van der Waals surface area (Å²) in [6.07, 6.45) is 3.18. The topological polar surface area (TPSA) is 123 Å². The zero-order valence-corrected chi connectivity index (χ0v) is 18.9. The zero-order valence-electron chi connectivity index (χ0n) is 17.2. The smallest absolute Gasteiger partial charge is 0.324 e. The fourth-order valence-corrected chi connectivity index (χ4v) is 4.86. The fraction of sp³-hybridized carbons (Fsp3) is 0.182. The largest absolute Gasteiger partial charge is 0.331 e. The molecule has 8 nitrogen and oxygen atoms in total. The SMILES string of the molecule is O=P(O)(O)CC[n+]1ccc(-c2cc[n+](CCP(=O)(O)O)c3ccccc23)c2ccccc21. The Labute approximate surface area is 184 Å². The number of hydrogen-bond donors (Lipinski definition) is 4. The Morgan fingerprint density at radius 3 is 1.34 bits per heavy atom. The molecular formula is C22H24N2O6P2+2. The first-order chi connectivity index (χ1) is 15.1. The average molecular weight is 474 g/mol. The number of benzene rings is 2. The van der Waals surface area contributed by atoms with Gasteiger partial charge in [0.1, 0.15) is 12.3 Å². The van der Waals surface area contributed by atoms with Crippen molar-refractivity contribution in [1.82, 2.24) is 0 Å². The van der Waals surface area contributed by atoms with Gasteiger partial charge in [-0.15, -0.1) is 0 Å². The normalized spacial score (nSPS) is 12.5. The average Bonchev–Trinajstić information content (AvgIpc) is 2.75. The predicted octanol–water partition coefficient (Wildman–Crippen LogP) is 2.59. The van der Waals surface area contributed by atoms with E-state index in [-0.39, 0.29) is 25.4 Å². The van der Waals surface area contributed by atoms with Gasteiger partial charge < -0.3 is 19.6 Å². The highest BCUT2D eigenvalue weighted by Crippen LogP contribution is 2.35. The van der Waals surface area contributed by atoms with Crippen LogP contribution in [0.15, 0.2) is 73.1 Å². The summed E-state index contributed by atoms with van der Waals surface area (Å²) in [5, 5.41) is 1.89. The second kappa shape index (κ2) is 8.83. The summed E-state index contributed by atoms with van der Waals surface area (Å²) in [5.41, 5.74) is 3.65. The van der Waals surface area contributed by atoms with Gasteiger partial charge in [0, 0.05) is 35.4 Å². The summed E-state index contributed by atoms with van der Waals surface area (Å²) < 4.78 is 26.4. The Morgan fingerprint density at radius 1 is 0.594 bits per heavy atom. The summed E-state index contributed by atoms with van der Waals surface area (Å²) >= 11 is 0. The number of pyridine rings is 2. The first-order valence-electron chi connectivity index (χ1n) is 10.0. The minimum absolute atomic E-state index is 0.197. The van der Waals surface area contributed by atoms with Crippen molar-refractivity contribution in [3.05, 3.63) is 73.1 Å². The molecule has 166 valence electrons. The summed E-state index contributed by atoms with van der Waals surface area (Å²) in [4.78, 5) is 37.1. The van der Waals surface area contributed by atoms with Crippen LogP contribution >= 0.6 is 15.2 Å². The van der Waals surface area contributed by atoms with Gasteiger partial charge in [0.25, 0.3) is 0 Å². The third kappa shape index (κ3) is 5.13. The molecule has 2 aromatic carbocycles. The number of aryl methyl sites for hydroxylation is 2. The van der Waals surface area contributed by atoms with Crippen molar-refractivity contribution in [2.75, 3.05) is 12.3 Å². The first-order valence-corrected chi connectivity index (χ1v) is 13.6. The molecule has 32 heavy (non-hydrogen) atoms. The van der Waals surface area contributed by atoms with E-state index in [2.05, 4.69) is 0 Å². The van der Waals surface area contributed by atoms with Crippen LogP contribution < -0.4 is 9.13 Å². The number of nitrogens with zero attached hydrogens (tertiary/aromatic N) is 2. The minimum Gasteiger partial charge on any atom is -0.324 e. The van der Waals surface area contributed by atoms with Crippen LogP contribution in [0.5, 0.6) is 0 Å². The van der Waals surface area contributed by atoms with Gasteiger partial charge in [-0.3, -0.25) is 9.13 Å². The van der Waals surface area contributed by atoms with Gasteiger partial charge in [-0.05, 0) is 12.1 Å². The predicted molar refractivity (Wildman–Crippen MR) is 121 cm³/mol. The Kier molecular flexibility index (Phi) is 6.28. The van der Waals surface area contributed by atoms with Crippen LogP contribution in [0, 0.1) is 0 Å². The second-order valence-corrected chi connectivity index (χ2v) is 11.2. The molecule has 4 N–H and O–H groups in total. The molecule has 2 heterocycles. The maximum atomic E-state index is 11.4. The zero-order chi connectivity index (χ0) is 22.9. The molecule has 0 aliphatic heterocycles. The lowest BCUT2D eigenvalue weighted by Crippen LogP contribution is -2.36. The van der Waals surface area contributed by atoms with Gasteiger partial charge in [-0.2, -0.15) is 9.13 Å². The number of hydrogen-bond acceptors (Lipinski definition) is 2. The van der Waals surface area contributed by atoms with Crippen LogP contribution in [-0.2, 0) is 22.2 Å². The van der Waals surface area contributed by atoms with Crippen molar-refractivity contribution in [2.24, 2.45) is 0 Å². The highest BCUT2D eigenvalue weighted by Gasteiger charge is 2.22. The molecule has 0 aliphatic carbocycles. The van der Waals surface area contributed by atoms with Crippen molar-refractivity contribution < 1.29 is 37.8 Å². The summed E-state index contributed by atoms with van der Waals surface area (Å²) in [7, 11) is -8.23. The third-order valence-corrected chi connectivity index (χ3v) is 6.97. The van der Waals surface area contributed by atoms with Crippen LogP contribution in [-0.4, -0.2) is 31.9 Å². The highest BCUT2D eigenvalue weighted by molar-refractivity contribution is 7.51. The Bertz CT molecular complexity index is 1290. The molecule has 4 aromatic rings. The maximum Gasteiger partial charge on any atom is 0.331 e. The van der Waals surface area contributed by atoms with Gasteiger partial charge in [0.05, 0.1) is 10.8 Å². The number of para-hydroxylation sites is 2. The Hall–Kier alpha value is -2.44. The highest BCUT2D eigenvalue weighted by atomic mass is 31.2.